The van der Waals surface area contributed by atoms with Crippen LogP contribution in [0, 0.1) is 11.6 Å². The van der Waals surface area contributed by atoms with Crippen LogP contribution in [0.5, 0.6) is 5.75 Å². The SMILES string of the molecule is CC(=O)Oc1c(F)cc(C(Cl)Cl)cc1F. The second-order valence-electron chi connectivity index (χ2n) is 2.71. The third-order valence-corrected chi connectivity index (χ3v) is 2.02. The largest absolute Gasteiger partial charge is 0.420 e. The number of benzene rings is 1. The molecule has 0 aromatic heterocycles. The van der Waals surface area contributed by atoms with Crippen molar-refractivity contribution in [3.8, 4) is 5.75 Å². The van der Waals surface area contributed by atoms with Crippen LogP contribution in [0.2, 0.25) is 0 Å². The Labute approximate surface area is 94.7 Å². The van der Waals surface area contributed by atoms with Crippen molar-refractivity contribution in [3.63, 3.8) is 0 Å². The molecule has 1 aromatic carbocycles. The van der Waals surface area contributed by atoms with Crippen molar-refractivity contribution in [1.29, 1.82) is 0 Å². The summed E-state index contributed by atoms with van der Waals surface area (Å²) >= 11 is 10.9. The highest BCUT2D eigenvalue weighted by Crippen LogP contribution is 2.30. The third-order valence-electron chi connectivity index (χ3n) is 1.52. The van der Waals surface area contributed by atoms with E-state index in [1.807, 2.05) is 0 Å². The zero-order valence-corrected chi connectivity index (χ0v) is 9.07. The van der Waals surface area contributed by atoms with Gasteiger partial charge in [-0.05, 0) is 17.7 Å². The summed E-state index contributed by atoms with van der Waals surface area (Å²) < 4.78 is 30.7. The van der Waals surface area contributed by atoms with Crippen LogP contribution in [0.15, 0.2) is 12.1 Å². The van der Waals surface area contributed by atoms with Crippen LogP contribution < -0.4 is 4.74 Å². The Morgan fingerprint density at radius 3 is 2.13 bits per heavy atom. The molecule has 0 fully saturated rings. The van der Waals surface area contributed by atoms with E-state index in [4.69, 9.17) is 23.2 Å². The molecule has 82 valence electrons. The molecule has 0 bridgehead atoms. The zero-order valence-electron chi connectivity index (χ0n) is 7.56. The molecule has 0 radical (unpaired) electrons. The molecule has 1 rings (SSSR count). The Bertz CT molecular complexity index is 371. The van der Waals surface area contributed by atoms with E-state index in [-0.39, 0.29) is 5.56 Å². The molecule has 0 aliphatic carbocycles. The molecular formula is C9H6Cl2F2O2. The van der Waals surface area contributed by atoms with Gasteiger partial charge in [0, 0.05) is 6.92 Å². The van der Waals surface area contributed by atoms with Gasteiger partial charge in [0.2, 0.25) is 5.75 Å². The van der Waals surface area contributed by atoms with Crippen molar-refractivity contribution < 1.29 is 18.3 Å². The molecule has 0 amide bonds. The lowest BCUT2D eigenvalue weighted by atomic mass is 10.2. The third kappa shape index (κ3) is 3.04. The predicted octanol–water partition coefficient (Wildman–Crippen LogP) is 3.37. The Balaban J connectivity index is 3.15. The van der Waals surface area contributed by atoms with E-state index in [1.165, 1.54) is 0 Å². The molecule has 0 spiro atoms. The highest BCUT2D eigenvalue weighted by atomic mass is 35.5. The van der Waals surface area contributed by atoms with Crippen molar-refractivity contribution in [1.82, 2.24) is 0 Å². The van der Waals surface area contributed by atoms with E-state index in [2.05, 4.69) is 4.74 Å². The van der Waals surface area contributed by atoms with Crippen molar-refractivity contribution >= 4 is 29.2 Å². The molecule has 0 atom stereocenters. The van der Waals surface area contributed by atoms with Gasteiger partial charge in [-0.15, -0.1) is 23.2 Å². The summed E-state index contributed by atoms with van der Waals surface area (Å²) in [5.74, 6) is -3.60. The fourth-order valence-corrected chi connectivity index (χ4v) is 1.20. The minimum atomic E-state index is -1.04. The molecule has 0 aliphatic heterocycles. The van der Waals surface area contributed by atoms with Crippen molar-refractivity contribution in [2.45, 2.75) is 11.8 Å². The number of esters is 1. The molecule has 0 aliphatic rings. The second kappa shape index (κ2) is 4.77. The smallest absolute Gasteiger partial charge is 0.308 e. The predicted molar refractivity (Wildman–Crippen MR) is 52.1 cm³/mol. The van der Waals surface area contributed by atoms with E-state index < -0.39 is 28.2 Å². The molecule has 0 heterocycles. The number of carbonyl (C=O) groups is 1. The molecule has 0 saturated heterocycles. The van der Waals surface area contributed by atoms with E-state index in [0.717, 1.165) is 19.1 Å². The Morgan fingerprint density at radius 1 is 1.33 bits per heavy atom. The molecule has 1 aromatic rings. The molecule has 6 heteroatoms. The number of halogens is 4. The van der Waals surface area contributed by atoms with Crippen LogP contribution in [0.4, 0.5) is 8.78 Å². The first-order valence-corrected chi connectivity index (χ1v) is 4.74. The maximum atomic E-state index is 13.2. The van der Waals surface area contributed by atoms with Gasteiger partial charge in [-0.25, -0.2) is 8.78 Å². The number of carbonyl (C=O) groups excluding carboxylic acids is 1. The van der Waals surface area contributed by atoms with Gasteiger partial charge in [-0.3, -0.25) is 4.79 Å². The summed E-state index contributed by atoms with van der Waals surface area (Å²) in [6.45, 7) is 1.04. The summed E-state index contributed by atoms with van der Waals surface area (Å²) in [6, 6.07) is 1.82. The molecule has 0 saturated carbocycles. The fourth-order valence-electron chi connectivity index (χ4n) is 0.947. The average molecular weight is 255 g/mol. The summed E-state index contributed by atoms with van der Waals surface area (Å²) in [5.41, 5.74) is 0.0595. The number of hydrogen-bond acceptors (Lipinski definition) is 2. The average Bonchev–Trinajstić information content (AvgIpc) is 2.10. The van der Waals surface area contributed by atoms with Crippen LogP contribution in [0.3, 0.4) is 0 Å². The van der Waals surface area contributed by atoms with Crippen LogP contribution in [0.1, 0.15) is 17.3 Å². The van der Waals surface area contributed by atoms with Crippen LogP contribution >= 0.6 is 23.2 Å². The van der Waals surface area contributed by atoms with Crippen molar-refractivity contribution in [3.05, 3.63) is 29.3 Å². The number of alkyl halides is 2. The topological polar surface area (TPSA) is 26.3 Å². The fraction of sp³-hybridized carbons (Fsp3) is 0.222. The van der Waals surface area contributed by atoms with Crippen molar-refractivity contribution in [2.75, 3.05) is 0 Å². The highest BCUT2D eigenvalue weighted by Gasteiger charge is 2.16. The van der Waals surface area contributed by atoms with Gasteiger partial charge in [0.15, 0.2) is 11.6 Å². The first-order valence-electron chi connectivity index (χ1n) is 3.87. The van der Waals surface area contributed by atoms with Gasteiger partial charge in [-0.1, -0.05) is 0 Å². The minimum absolute atomic E-state index is 0.0595. The van der Waals surface area contributed by atoms with E-state index in [9.17, 15) is 13.6 Å². The number of ether oxygens (including phenoxy) is 1. The van der Waals surface area contributed by atoms with E-state index in [0.29, 0.717) is 0 Å². The Morgan fingerprint density at radius 2 is 1.80 bits per heavy atom. The summed E-state index contributed by atoms with van der Waals surface area (Å²) in [4.78, 5) is 9.49. The monoisotopic (exact) mass is 254 g/mol. The van der Waals surface area contributed by atoms with Gasteiger partial charge < -0.3 is 4.74 Å². The first kappa shape index (κ1) is 12.2. The summed E-state index contributed by atoms with van der Waals surface area (Å²) in [7, 11) is 0. The molecule has 15 heavy (non-hydrogen) atoms. The van der Waals surface area contributed by atoms with E-state index >= 15 is 0 Å². The Kier molecular flexibility index (Phi) is 3.88. The van der Waals surface area contributed by atoms with Gasteiger partial charge in [0.05, 0.1) is 0 Å². The summed E-state index contributed by atoms with van der Waals surface area (Å²) in [5, 5.41) is 0. The Hall–Kier alpha value is -0.870. The molecule has 0 N–H and O–H groups in total. The lowest BCUT2D eigenvalue weighted by molar-refractivity contribution is -0.132. The molecule has 2 nitrogen and oxygen atoms in total. The minimum Gasteiger partial charge on any atom is -0.420 e. The molecule has 0 unspecified atom stereocenters. The van der Waals surface area contributed by atoms with Crippen LogP contribution in [-0.4, -0.2) is 5.97 Å². The van der Waals surface area contributed by atoms with Crippen LogP contribution in [0.25, 0.3) is 0 Å². The quantitative estimate of drug-likeness (QED) is 0.460. The standard InChI is InChI=1S/C9H6Cl2F2O2/c1-4(14)15-8-6(12)2-5(9(10)11)3-7(8)13/h2-3,9H,1H3. The maximum Gasteiger partial charge on any atom is 0.308 e. The summed E-state index contributed by atoms with van der Waals surface area (Å²) in [6.07, 6.45) is 0. The first-order chi connectivity index (χ1) is 6.91. The number of hydrogen-bond donors (Lipinski definition) is 0. The van der Waals surface area contributed by atoms with Crippen molar-refractivity contribution in [2.24, 2.45) is 0 Å². The van der Waals surface area contributed by atoms with Crippen LogP contribution in [-0.2, 0) is 4.79 Å². The molecular weight excluding hydrogens is 249 g/mol. The lowest BCUT2D eigenvalue weighted by Crippen LogP contribution is -2.06. The second-order valence-corrected chi connectivity index (χ2v) is 3.80. The van der Waals surface area contributed by atoms with Gasteiger partial charge in [0.1, 0.15) is 4.84 Å². The maximum absolute atomic E-state index is 13.2. The highest BCUT2D eigenvalue weighted by molar-refractivity contribution is 6.44. The van der Waals surface area contributed by atoms with Gasteiger partial charge >= 0.3 is 5.97 Å². The van der Waals surface area contributed by atoms with Gasteiger partial charge in [-0.2, -0.15) is 0 Å². The van der Waals surface area contributed by atoms with Gasteiger partial charge in [0.25, 0.3) is 0 Å². The van der Waals surface area contributed by atoms with E-state index in [1.54, 1.807) is 0 Å². The zero-order chi connectivity index (χ0) is 11.6. The normalized spacial score (nSPS) is 10.5. The lowest BCUT2D eigenvalue weighted by Gasteiger charge is -2.07. The number of rotatable bonds is 2.